The molecule has 1 fully saturated rings. The largest absolute Gasteiger partial charge is 0.394 e. The zero-order valence-electron chi connectivity index (χ0n) is 8.20. The molecule has 0 aliphatic carbocycles. The van der Waals surface area contributed by atoms with Gasteiger partial charge in [0.05, 0.1) is 12.6 Å². The van der Waals surface area contributed by atoms with Crippen LogP contribution < -0.4 is 5.32 Å². The first-order chi connectivity index (χ1) is 6.97. The van der Waals surface area contributed by atoms with Crippen LogP contribution in [0.3, 0.4) is 0 Å². The third-order valence-electron chi connectivity index (χ3n) is 2.27. The third-order valence-corrected chi connectivity index (χ3v) is 2.27. The maximum Gasteiger partial charge on any atom is 0.217 e. The zero-order valence-corrected chi connectivity index (χ0v) is 8.20. The van der Waals surface area contributed by atoms with Gasteiger partial charge in [-0.25, -0.2) is 0 Å². The van der Waals surface area contributed by atoms with Crippen LogP contribution in [0.15, 0.2) is 0 Å². The van der Waals surface area contributed by atoms with Crippen molar-refractivity contribution < 1.29 is 30.0 Å². The zero-order chi connectivity index (χ0) is 11.6. The highest BCUT2D eigenvalue weighted by atomic mass is 16.6. The minimum absolute atomic E-state index is 0.455. The quantitative estimate of drug-likeness (QED) is 0.337. The lowest BCUT2D eigenvalue weighted by Gasteiger charge is -2.40. The van der Waals surface area contributed by atoms with Gasteiger partial charge in [0.25, 0.3) is 0 Å². The van der Waals surface area contributed by atoms with Crippen molar-refractivity contribution in [3.05, 3.63) is 0 Å². The van der Waals surface area contributed by atoms with Gasteiger partial charge in [0.1, 0.15) is 18.3 Å². The molecule has 0 aromatic rings. The second-order valence-electron chi connectivity index (χ2n) is 3.46. The summed E-state index contributed by atoms with van der Waals surface area (Å²) in [5, 5.41) is 39.4. The molecule has 7 nitrogen and oxygen atoms in total. The average molecular weight is 221 g/mol. The Morgan fingerprint density at radius 1 is 1.33 bits per heavy atom. The second-order valence-corrected chi connectivity index (χ2v) is 3.46. The molecule has 1 heterocycles. The molecule has 0 spiro atoms. The first-order valence-corrected chi connectivity index (χ1v) is 4.55. The van der Waals surface area contributed by atoms with Crippen LogP contribution in [0, 0.1) is 0 Å². The molecule has 0 aromatic heterocycles. The summed E-state index contributed by atoms with van der Waals surface area (Å²) >= 11 is 0. The van der Waals surface area contributed by atoms with E-state index in [1.54, 1.807) is 0 Å². The fourth-order valence-corrected chi connectivity index (χ4v) is 1.51. The normalized spacial score (nSPS) is 41.3. The van der Waals surface area contributed by atoms with Gasteiger partial charge in [0.2, 0.25) is 5.91 Å². The van der Waals surface area contributed by atoms with Crippen molar-refractivity contribution in [2.45, 2.75) is 37.6 Å². The Morgan fingerprint density at radius 2 is 1.93 bits per heavy atom. The van der Waals surface area contributed by atoms with E-state index in [4.69, 9.17) is 9.84 Å². The van der Waals surface area contributed by atoms with E-state index in [2.05, 4.69) is 5.32 Å². The summed E-state index contributed by atoms with van der Waals surface area (Å²) in [6.45, 7) is 0.705. The maximum absolute atomic E-state index is 10.8. The van der Waals surface area contributed by atoms with Crippen molar-refractivity contribution in [3.8, 4) is 0 Å². The van der Waals surface area contributed by atoms with Crippen LogP contribution in [0.1, 0.15) is 6.92 Å². The molecule has 0 aromatic carbocycles. The Labute approximate surface area is 86.3 Å². The summed E-state index contributed by atoms with van der Waals surface area (Å²) < 4.78 is 4.73. The van der Waals surface area contributed by atoms with Crippen molar-refractivity contribution in [1.29, 1.82) is 0 Å². The van der Waals surface area contributed by atoms with Gasteiger partial charge in [0, 0.05) is 6.92 Å². The lowest BCUT2D eigenvalue weighted by molar-refractivity contribution is -0.261. The summed E-state index contributed by atoms with van der Waals surface area (Å²) in [4.78, 5) is 10.8. The van der Waals surface area contributed by atoms with Crippen LogP contribution in [0.25, 0.3) is 0 Å². The van der Waals surface area contributed by atoms with E-state index in [-0.39, 0.29) is 0 Å². The van der Waals surface area contributed by atoms with Gasteiger partial charge in [-0.05, 0) is 0 Å². The van der Waals surface area contributed by atoms with Gasteiger partial charge in [-0.15, -0.1) is 0 Å². The van der Waals surface area contributed by atoms with Crippen LogP contribution in [-0.4, -0.2) is 63.6 Å². The average Bonchev–Trinajstić information content (AvgIpc) is 2.18. The van der Waals surface area contributed by atoms with Gasteiger partial charge < -0.3 is 30.5 Å². The summed E-state index contributed by atoms with van der Waals surface area (Å²) in [6.07, 6.45) is -5.26. The second kappa shape index (κ2) is 4.86. The highest BCUT2D eigenvalue weighted by Gasteiger charge is 2.43. The Bertz CT molecular complexity index is 235. The SMILES string of the molecule is CC(=O)N[C@H]1[C@H](O)[C@@H](CO)OC(O)[C@H]1O. The number of nitrogens with one attached hydrogen (secondary N) is 1. The molecule has 1 saturated heterocycles. The number of carbonyl (C=O) groups is 1. The van der Waals surface area contributed by atoms with E-state index >= 15 is 0 Å². The van der Waals surface area contributed by atoms with E-state index < -0.39 is 43.2 Å². The number of hydrogen-bond donors (Lipinski definition) is 5. The number of amides is 1. The lowest BCUT2D eigenvalue weighted by atomic mass is 9.96. The Balaban J connectivity index is 2.74. The highest BCUT2D eigenvalue weighted by molar-refractivity contribution is 5.73. The molecule has 1 aliphatic heterocycles. The third kappa shape index (κ3) is 2.64. The summed E-state index contributed by atoms with van der Waals surface area (Å²) in [5.74, 6) is -0.455. The smallest absolute Gasteiger partial charge is 0.217 e. The van der Waals surface area contributed by atoms with E-state index in [9.17, 15) is 20.1 Å². The van der Waals surface area contributed by atoms with Gasteiger partial charge in [-0.3, -0.25) is 4.79 Å². The van der Waals surface area contributed by atoms with E-state index in [1.807, 2.05) is 0 Å². The standard InChI is InChI=1S/C8H15NO6/c1-3(11)9-5-6(12)4(2-10)15-8(14)7(5)13/h4-8,10,12-14H,2H2,1H3,(H,9,11)/t4-,5+,6-,7+,8?/m1/s1. The van der Waals surface area contributed by atoms with Gasteiger partial charge in [-0.1, -0.05) is 0 Å². The minimum atomic E-state index is -1.54. The molecule has 15 heavy (non-hydrogen) atoms. The van der Waals surface area contributed by atoms with E-state index in [1.165, 1.54) is 6.92 Å². The molecule has 88 valence electrons. The number of carbonyl (C=O) groups excluding carboxylic acids is 1. The number of hydrogen-bond acceptors (Lipinski definition) is 6. The first kappa shape index (κ1) is 12.3. The number of aliphatic hydroxyl groups is 4. The van der Waals surface area contributed by atoms with Crippen molar-refractivity contribution in [2.75, 3.05) is 6.61 Å². The molecule has 1 rings (SSSR count). The van der Waals surface area contributed by atoms with Gasteiger partial charge >= 0.3 is 0 Å². The molecule has 1 amide bonds. The number of ether oxygens (including phenoxy) is 1. The van der Waals surface area contributed by atoms with Gasteiger partial charge in [0.15, 0.2) is 6.29 Å². The fraction of sp³-hybridized carbons (Fsp3) is 0.875. The molecule has 0 bridgehead atoms. The Hall–Kier alpha value is -0.730. The molecule has 1 aliphatic rings. The minimum Gasteiger partial charge on any atom is -0.394 e. The molecule has 5 N–H and O–H groups in total. The summed E-state index contributed by atoms with van der Waals surface area (Å²) in [6, 6.07) is -1.05. The van der Waals surface area contributed by atoms with Gasteiger partial charge in [-0.2, -0.15) is 0 Å². The first-order valence-electron chi connectivity index (χ1n) is 4.55. The van der Waals surface area contributed by atoms with Crippen molar-refractivity contribution in [3.63, 3.8) is 0 Å². The Kier molecular flexibility index (Phi) is 4.00. The number of aliphatic hydroxyl groups excluding tert-OH is 4. The van der Waals surface area contributed by atoms with Crippen LogP contribution in [0.4, 0.5) is 0 Å². The van der Waals surface area contributed by atoms with Crippen LogP contribution in [0.5, 0.6) is 0 Å². The molecule has 0 radical (unpaired) electrons. The lowest BCUT2D eigenvalue weighted by Crippen LogP contribution is -2.64. The maximum atomic E-state index is 10.8. The monoisotopic (exact) mass is 221 g/mol. The molecule has 1 unspecified atom stereocenters. The fourth-order valence-electron chi connectivity index (χ4n) is 1.51. The van der Waals surface area contributed by atoms with E-state index in [0.29, 0.717) is 0 Å². The van der Waals surface area contributed by atoms with Crippen molar-refractivity contribution >= 4 is 5.91 Å². The molecule has 5 atom stereocenters. The van der Waals surface area contributed by atoms with Crippen LogP contribution in [0.2, 0.25) is 0 Å². The molecule has 0 saturated carbocycles. The highest BCUT2D eigenvalue weighted by Crippen LogP contribution is 2.19. The number of rotatable bonds is 2. The van der Waals surface area contributed by atoms with Crippen LogP contribution >= 0.6 is 0 Å². The van der Waals surface area contributed by atoms with Crippen molar-refractivity contribution in [2.24, 2.45) is 0 Å². The predicted molar refractivity (Wildman–Crippen MR) is 47.6 cm³/mol. The molecular formula is C8H15NO6. The molecule has 7 heteroatoms. The van der Waals surface area contributed by atoms with E-state index in [0.717, 1.165) is 0 Å². The summed E-state index contributed by atoms with van der Waals surface area (Å²) in [7, 11) is 0. The summed E-state index contributed by atoms with van der Waals surface area (Å²) in [5.41, 5.74) is 0. The predicted octanol–water partition coefficient (Wildman–Crippen LogP) is -3.08. The molecular weight excluding hydrogens is 206 g/mol. The van der Waals surface area contributed by atoms with Crippen molar-refractivity contribution in [1.82, 2.24) is 5.32 Å². The Morgan fingerprint density at radius 3 is 2.40 bits per heavy atom. The van der Waals surface area contributed by atoms with Crippen LogP contribution in [-0.2, 0) is 9.53 Å². The topological polar surface area (TPSA) is 119 Å².